The molecule has 0 bridgehead atoms. The summed E-state index contributed by atoms with van der Waals surface area (Å²) >= 11 is -4.52. The first-order valence-electron chi connectivity index (χ1n) is 17.0. The van der Waals surface area contributed by atoms with Crippen LogP contribution in [0.2, 0.25) is 0 Å². The van der Waals surface area contributed by atoms with Crippen LogP contribution in [0.15, 0.2) is 170 Å². The molecule has 9 heteroatoms. The number of halogens is 6. The van der Waals surface area contributed by atoms with Crippen LogP contribution in [0, 0.1) is 21.3 Å². The molecule has 55 heavy (non-hydrogen) atoms. The molecule has 0 amide bonds. The van der Waals surface area contributed by atoms with Crippen LogP contribution in [0.25, 0.3) is 20.0 Å². The van der Waals surface area contributed by atoms with E-state index in [1.807, 2.05) is 121 Å². The van der Waals surface area contributed by atoms with Gasteiger partial charge in [0, 0.05) is 0 Å². The number of rotatable bonds is 6. The molecule has 0 saturated heterocycles. The zero-order valence-electron chi connectivity index (χ0n) is 28.8. The third-order valence-corrected chi connectivity index (χ3v) is 16.2. The van der Waals surface area contributed by atoms with Crippen molar-refractivity contribution in [2.75, 3.05) is 0 Å². The molecule has 0 saturated carbocycles. The van der Waals surface area contributed by atoms with Crippen LogP contribution < -0.4 is 9.47 Å². The molecule has 0 spiro atoms. The Hall–Kier alpha value is -6.36. The Kier molecular flexibility index (Phi) is 10.5. The third-order valence-electron chi connectivity index (χ3n) is 8.71. The van der Waals surface area contributed by atoms with Crippen LogP contribution in [0.3, 0.4) is 0 Å². The van der Waals surface area contributed by atoms with Crippen molar-refractivity contribution < 1.29 is 35.8 Å². The van der Waals surface area contributed by atoms with E-state index in [0.29, 0.717) is 11.1 Å². The van der Waals surface area contributed by atoms with Crippen LogP contribution in [0.4, 0.5) is 26.3 Å². The summed E-state index contributed by atoms with van der Waals surface area (Å²) in [6.45, 7) is 0. The number of hydrogen-bond acceptors (Lipinski definition) is 2. The molecule has 7 rings (SSSR count). The Morgan fingerprint density at radius 2 is 0.655 bits per heavy atom. The number of hydrogen-bond donors (Lipinski definition) is 0. The molecule has 2 nitrogen and oxygen atoms in total. The summed E-state index contributed by atoms with van der Waals surface area (Å²) in [5, 5.41) is 0. The van der Waals surface area contributed by atoms with E-state index in [4.69, 9.17) is 0 Å². The second kappa shape index (κ2) is 15.6. The van der Waals surface area contributed by atoms with Gasteiger partial charge in [0.15, 0.2) is 0 Å². The van der Waals surface area contributed by atoms with Gasteiger partial charge in [-0.1, -0.05) is 0 Å². The van der Waals surface area contributed by atoms with E-state index in [2.05, 4.69) is 30.8 Å². The van der Waals surface area contributed by atoms with Gasteiger partial charge >= 0.3 is 318 Å². The molecule has 0 N–H and O–H groups in total. The van der Waals surface area contributed by atoms with Crippen molar-refractivity contribution in [2.45, 2.75) is 12.7 Å². The van der Waals surface area contributed by atoms with Gasteiger partial charge in [-0.2, -0.15) is 0 Å². The first kappa shape index (κ1) is 37.0. The first-order chi connectivity index (χ1) is 26.5. The fourth-order valence-corrected chi connectivity index (χ4v) is 14.9. The van der Waals surface area contributed by atoms with E-state index >= 15 is 0 Å². The molecule has 6 aromatic carbocycles. The van der Waals surface area contributed by atoms with Gasteiger partial charge in [0.1, 0.15) is 0 Å². The number of ether oxygens (including phenoxy) is 2. The minimum absolute atomic E-state index is 0.375. The molecule has 0 radical (unpaired) electrons. The Labute approximate surface area is 316 Å². The predicted octanol–water partition coefficient (Wildman–Crippen LogP) is 11.7. The summed E-state index contributed by atoms with van der Waals surface area (Å²) in [5.41, 5.74) is 6.46. The Morgan fingerprint density at radius 3 is 0.945 bits per heavy atom. The topological polar surface area (TPSA) is 18.5 Å². The molecule has 0 aliphatic carbocycles. The van der Waals surface area contributed by atoms with E-state index in [1.54, 1.807) is 0 Å². The Bertz CT molecular complexity index is 2290. The van der Waals surface area contributed by atoms with Gasteiger partial charge in [0.25, 0.3) is 0 Å². The summed E-state index contributed by atoms with van der Waals surface area (Å²) in [4.78, 5) is 0. The molecule has 0 unspecified atom stereocenters. The average molecular weight is 799 g/mol. The summed E-state index contributed by atoms with van der Waals surface area (Å²) in [6, 6.07) is 50.4. The van der Waals surface area contributed by atoms with Crippen LogP contribution >= 0.6 is 0 Å². The molecule has 270 valence electrons. The van der Waals surface area contributed by atoms with Crippen LogP contribution in [0.1, 0.15) is 33.4 Å². The van der Waals surface area contributed by atoms with Crippen molar-refractivity contribution in [1.29, 1.82) is 0 Å². The van der Waals surface area contributed by atoms with E-state index in [9.17, 15) is 26.3 Å². The summed E-state index contributed by atoms with van der Waals surface area (Å²) < 4.78 is 95.5. The standard InChI is InChI=1S/C46H28F6GeO2/c47-45(48,49)54-39-25-21-33(22-26-39)29-31-53(32-30-34-23-27-40(28-24-34)55-46(50,51)52)43(37-17-9-3-10-18-37)41(35-13-5-1-6-14-35)42(36-15-7-2-8-16-36)44(53)38-19-11-4-12-20-38/h1-28H. The summed E-state index contributed by atoms with van der Waals surface area (Å²) in [6.07, 6.45) is -9.70. The van der Waals surface area contributed by atoms with Gasteiger partial charge in [0.05, 0.1) is 0 Å². The normalized spacial score (nSPS) is 13.7. The van der Waals surface area contributed by atoms with Crippen LogP contribution in [0.5, 0.6) is 11.5 Å². The van der Waals surface area contributed by atoms with Crippen molar-refractivity contribution >= 4 is 33.2 Å². The molecular weight excluding hydrogens is 771 g/mol. The van der Waals surface area contributed by atoms with Crippen LogP contribution in [-0.2, 0) is 0 Å². The van der Waals surface area contributed by atoms with Gasteiger partial charge in [0.2, 0.25) is 0 Å². The average Bonchev–Trinajstić information content (AvgIpc) is 3.48. The van der Waals surface area contributed by atoms with Gasteiger partial charge in [-0.3, -0.25) is 0 Å². The number of alkyl halides is 6. The van der Waals surface area contributed by atoms with E-state index < -0.39 is 26.0 Å². The molecule has 0 atom stereocenters. The predicted molar refractivity (Wildman–Crippen MR) is 205 cm³/mol. The summed E-state index contributed by atoms with van der Waals surface area (Å²) in [7, 11) is 0. The molecule has 0 fully saturated rings. The molecule has 1 heterocycles. The zero-order valence-corrected chi connectivity index (χ0v) is 30.8. The molecule has 1 aliphatic rings. The van der Waals surface area contributed by atoms with Gasteiger partial charge < -0.3 is 0 Å². The number of benzene rings is 6. The Balaban J connectivity index is 1.58. The zero-order chi connectivity index (χ0) is 38.5. The second-order valence-corrected chi connectivity index (χ2v) is 18.7. The number of allylic oxidation sites excluding steroid dienone is 2. The minimum atomic E-state index is -4.85. The van der Waals surface area contributed by atoms with Gasteiger partial charge in [-0.15, -0.1) is 0 Å². The van der Waals surface area contributed by atoms with Gasteiger partial charge in [-0.25, -0.2) is 0 Å². The van der Waals surface area contributed by atoms with Crippen molar-refractivity contribution in [3.8, 4) is 32.8 Å². The SMILES string of the molecule is FC(F)(F)Oc1ccc(C#[C][Ge]2([C]#Cc3ccc(OC(F)(F)F)cc3)[C](c3ccccc3)=C(c3ccccc3)C(c3ccccc3)=[C]2c2ccccc2)cc1. The fourth-order valence-electron chi connectivity index (χ4n) is 6.56. The molecule has 0 aromatic heterocycles. The van der Waals surface area contributed by atoms with Crippen LogP contribution in [-0.4, -0.2) is 26.0 Å². The molecular formula is C46H28F6GeO2. The molecule has 6 aromatic rings. The van der Waals surface area contributed by atoms with E-state index in [-0.39, 0.29) is 11.5 Å². The maximum absolute atomic E-state index is 13.0. The van der Waals surface area contributed by atoms with E-state index in [1.165, 1.54) is 48.5 Å². The first-order valence-corrected chi connectivity index (χ1v) is 21.2. The molecule has 1 aliphatic heterocycles. The monoisotopic (exact) mass is 800 g/mol. The van der Waals surface area contributed by atoms with Crippen molar-refractivity contribution in [2.24, 2.45) is 0 Å². The van der Waals surface area contributed by atoms with Gasteiger partial charge in [-0.05, 0) is 0 Å². The second-order valence-electron chi connectivity index (χ2n) is 12.4. The fraction of sp³-hybridized carbons (Fsp3) is 0.0435. The van der Waals surface area contributed by atoms with Crippen molar-refractivity contribution in [3.05, 3.63) is 203 Å². The maximum atomic E-state index is 13.0. The summed E-state index contributed by atoms with van der Waals surface area (Å²) in [5.74, 6) is 5.88. The van der Waals surface area contributed by atoms with E-state index in [0.717, 1.165) is 42.2 Å². The Morgan fingerprint density at radius 1 is 0.364 bits per heavy atom. The van der Waals surface area contributed by atoms with Crippen molar-refractivity contribution in [1.82, 2.24) is 0 Å². The quantitative estimate of drug-likeness (QED) is 0.0949. The third kappa shape index (κ3) is 8.57. The van der Waals surface area contributed by atoms with Crippen molar-refractivity contribution in [3.63, 3.8) is 0 Å².